The molecule has 1 aromatic heterocycles. The van der Waals surface area contributed by atoms with Gasteiger partial charge in [0.15, 0.2) is 16.6 Å². The quantitative estimate of drug-likeness (QED) is 0.509. The van der Waals surface area contributed by atoms with Crippen molar-refractivity contribution in [3.8, 4) is 11.5 Å². The molecule has 0 N–H and O–H groups in total. The Morgan fingerprint density at radius 3 is 2.45 bits per heavy atom. The maximum atomic E-state index is 14.3. The zero-order chi connectivity index (χ0) is 21.1. The Morgan fingerprint density at radius 2 is 1.77 bits per heavy atom. The average molecular weight is 466 g/mol. The molecule has 1 aliphatic heterocycles. The average Bonchev–Trinajstić information content (AvgIpc) is 3.17. The van der Waals surface area contributed by atoms with Gasteiger partial charge in [-0.2, -0.15) is 0 Å². The Hall–Kier alpha value is -2.42. The summed E-state index contributed by atoms with van der Waals surface area (Å²) in [6.45, 7) is 8.00. The second-order valence-electron chi connectivity index (χ2n) is 6.92. The lowest BCUT2D eigenvalue weighted by molar-refractivity contribution is 0.0980. The van der Waals surface area contributed by atoms with Gasteiger partial charge in [0.05, 0.1) is 15.8 Å². The number of thiazole rings is 1. The van der Waals surface area contributed by atoms with E-state index in [0.717, 1.165) is 23.3 Å². The molecule has 0 unspecified atom stereocenters. The minimum absolute atomic E-state index is 0. The number of hydrogen-bond acceptors (Lipinski definition) is 6. The Kier molecular flexibility index (Phi) is 7.69. The number of benzene rings is 2. The predicted molar refractivity (Wildman–Crippen MR) is 124 cm³/mol. The fourth-order valence-corrected chi connectivity index (χ4v) is 4.41. The highest BCUT2D eigenvalue weighted by Gasteiger charge is 2.25. The Bertz CT molecular complexity index is 1010. The molecule has 1 amide bonds. The molecular formula is C22H25ClFN3O3S. The van der Waals surface area contributed by atoms with Crippen molar-refractivity contribution >= 4 is 45.0 Å². The number of halogens is 2. The van der Waals surface area contributed by atoms with Crippen LogP contribution in [0.1, 0.15) is 24.2 Å². The lowest BCUT2D eigenvalue weighted by Crippen LogP contribution is -2.39. The highest BCUT2D eigenvalue weighted by Crippen LogP contribution is 2.39. The molecule has 0 atom stereocenters. The van der Waals surface area contributed by atoms with E-state index in [2.05, 4.69) is 23.7 Å². The van der Waals surface area contributed by atoms with Crippen molar-refractivity contribution in [3.63, 3.8) is 0 Å². The zero-order valence-electron chi connectivity index (χ0n) is 17.5. The van der Waals surface area contributed by atoms with Crippen molar-refractivity contribution in [1.82, 2.24) is 9.88 Å². The first-order valence-electron chi connectivity index (χ1n) is 10.1. The summed E-state index contributed by atoms with van der Waals surface area (Å²) in [7, 11) is 0. The molecule has 6 nitrogen and oxygen atoms in total. The number of nitrogens with zero attached hydrogens (tertiary/aromatic N) is 3. The molecule has 0 radical (unpaired) electrons. The Balaban J connectivity index is 0.00000272. The van der Waals surface area contributed by atoms with Gasteiger partial charge in [-0.1, -0.05) is 37.3 Å². The van der Waals surface area contributed by atoms with E-state index in [1.54, 1.807) is 17.0 Å². The van der Waals surface area contributed by atoms with E-state index in [4.69, 9.17) is 9.47 Å². The van der Waals surface area contributed by atoms with Crippen LogP contribution >= 0.6 is 23.7 Å². The van der Waals surface area contributed by atoms with E-state index < -0.39 is 11.7 Å². The third-order valence-electron chi connectivity index (χ3n) is 5.16. The molecule has 2 heterocycles. The van der Waals surface area contributed by atoms with E-state index in [0.29, 0.717) is 42.9 Å². The molecule has 0 bridgehead atoms. The maximum Gasteiger partial charge on any atom is 0.263 e. The molecule has 0 aliphatic carbocycles. The summed E-state index contributed by atoms with van der Waals surface area (Å²) in [5, 5.41) is 0.535. The van der Waals surface area contributed by atoms with Crippen molar-refractivity contribution in [1.29, 1.82) is 0 Å². The third-order valence-corrected chi connectivity index (χ3v) is 6.20. The van der Waals surface area contributed by atoms with E-state index in [9.17, 15) is 9.18 Å². The lowest BCUT2D eigenvalue weighted by Gasteiger charge is -2.24. The van der Waals surface area contributed by atoms with Gasteiger partial charge in [0, 0.05) is 25.2 Å². The summed E-state index contributed by atoms with van der Waals surface area (Å²) in [5.41, 5.74) is 0.774. The van der Waals surface area contributed by atoms with Crippen LogP contribution in [0.3, 0.4) is 0 Å². The normalized spacial score (nSPS) is 12.6. The van der Waals surface area contributed by atoms with Gasteiger partial charge in [-0.3, -0.25) is 9.69 Å². The van der Waals surface area contributed by atoms with E-state index >= 15 is 0 Å². The monoisotopic (exact) mass is 465 g/mol. The maximum absolute atomic E-state index is 14.3. The summed E-state index contributed by atoms with van der Waals surface area (Å²) in [4.78, 5) is 21.7. The van der Waals surface area contributed by atoms with Crippen LogP contribution in [0, 0.1) is 5.82 Å². The minimum atomic E-state index is -0.534. The second kappa shape index (κ2) is 10.3. The van der Waals surface area contributed by atoms with Gasteiger partial charge in [0.25, 0.3) is 5.91 Å². The fraction of sp³-hybridized carbons (Fsp3) is 0.364. The first-order valence-corrected chi connectivity index (χ1v) is 10.9. The van der Waals surface area contributed by atoms with Gasteiger partial charge >= 0.3 is 0 Å². The zero-order valence-corrected chi connectivity index (χ0v) is 19.1. The van der Waals surface area contributed by atoms with Gasteiger partial charge in [0.1, 0.15) is 19.0 Å². The summed E-state index contributed by atoms with van der Waals surface area (Å²) >= 11 is 1.39. The van der Waals surface area contributed by atoms with E-state index in [-0.39, 0.29) is 18.0 Å². The molecule has 0 saturated heterocycles. The number of carbonyl (C=O) groups excluding carboxylic acids is 1. The van der Waals surface area contributed by atoms with Crippen LogP contribution in [-0.4, -0.2) is 55.2 Å². The summed E-state index contributed by atoms with van der Waals surface area (Å²) in [6, 6.07) is 9.78. The van der Waals surface area contributed by atoms with Crippen LogP contribution < -0.4 is 14.4 Å². The molecule has 0 fully saturated rings. The van der Waals surface area contributed by atoms with Crippen LogP contribution in [-0.2, 0) is 0 Å². The van der Waals surface area contributed by atoms with Gasteiger partial charge in [-0.25, -0.2) is 9.37 Å². The molecule has 31 heavy (non-hydrogen) atoms. The standard InChI is InChI=1S/C22H24FN3O3S.ClH/c1-3-25(4-2)9-10-26(21(27)15-7-5-6-8-16(15)23)22-24-17-13-18-19(14-20(17)30-22)29-12-11-28-18;/h5-8,13-14H,3-4,9-12H2,1-2H3;1H. The molecule has 0 saturated carbocycles. The Labute approximate surface area is 191 Å². The van der Waals surface area contributed by atoms with Gasteiger partial charge in [-0.05, 0) is 25.2 Å². The number of hydrogen-bond donors (Lipinski definition) is 0. The van der Waals surface area contributed by atoms with E-state index in [1.165, 1.54) is 23.5 Å². The predicted octanol–water partition coefficient (Wildman–Crippen LogP) is 4.62. The number of amides is 1. The Morgan fingerprint density at radius 1 is 1.10 bits per heavy atom. The molecule has 166 valence electrons. The smallest absolute Gasteiger partial charge is 0.263 e. The minimum Gasteiger partial charge on any atom is -0.486 e. The van der Waals surface area contributed by atoms with Crippen LogP contribution in [0.25, 0.3) is 10.2 Å². The first kappa shape index (κ1) is 23.2. The molecule has 1 aliphatic rings. The molecule has 3 aromatic rings. The lowest BCUT2D eigenvalue weighted by atomic mass is 10.2. The second-order valence-corrected chi connectivity index (χ2v) is 7.93. The highest BCUT2D eigenvalue weighted by atomic mass is 35.5. The van der Waals surface area contributed by atoms with Crippen LogP contribution in [0.4, 0.5) is 9.52 Å². The summed E-state index contributed by atoms with van der Waals surface area (Å²) in [6.07, 6.45) is 0. The first-order chi connectivity index (χ1) is 14.6. The van der Waals surface area contributed by atoms with Crippen molar-refractivity contribution < 1.29 is 18.7 Å². The molecule has 2 aromatic carbocycles. The number of rotatable bonds is 7. The van der Waals surface area contributed by atoms with Crippen molar-refractivity contribution in [2.45, 2.75) is 13.8 Å². The van der Waals surface area contributed by atoms with Gasteiger partial charge in [0.2, 0.25) is 0 Å². The van der Waals surface area contributed by atoms with Crippen molar-refractivity contribution in [2.75, 3.05) is 44.3 Å². The summed E-state index contributed by atoms with van der Waals surface area (Å²) < 4.78 is 26.5. The number of likely N-dealkylation sites (N-methyl/N-ethyl adjacent to an activating group) is 1. The number of anilines is 1. The van der Waals surface area contributed by atoms with Gasteiger partial charge < -0.3 is 14.4 Å². The fourth-order valence-electron chi connectivity index (χ4n) is 3.41. The molecule has 0 spiro atoms. The van der Waals surface area contributed by atoms with Crippen LogP contribution in [0.15, 0.2) is 36.4 Å². The van der Waals surface area contributed by atoms with Crippen molar-refractivity contribution in [3.05, 3.63) is 47.8 Å². The number of carbonyl (C=O) groups is 1. The van der Waals surface area contributed by atoms with Crippen LogP contribution in [0.5, 0.6) is 11.5 Å². The largest absolute Gasteiger partial charge is 0.486 e. The highest BCUT2D eigenvalue weighted by molar-refractivity contribution is 7.22. The van der Waals surface area contributed by atoms with Crippen molar-refractivity contribution in [2.24, 2.45) is 0 Å². The molecule has 4 rings (SSSR count). The van der Waals surface area contributed by atoms with Gasteiger partial charge in [-0.15, -0.1) is 12.4 Å². The molecular weight excluding hydrogens is 441 g/mol. The topological polar surface area (TPSA) is 54.9 Å². The SMILES string of the molecule is CCN(CC)CCN(C(=O)c1ccccc1F)c1nc2cc3c(cc2s1)OCCO3.Cl. The third kappa shape index (κ3) is 4.92. The molecule has 9 heteroatoms. The van der Waals surface area contributed by atoms with Crippen LogP contribution in [0.2, 0.25) is 0 Å². The van der Waals surface area contributed by atoms with E-state index in [1.807, 2.05) is 12.1 Å². The number of fused-ring (bicyclic) bond motifs is 2. The summed E-state index contributed by atoms with van der Waals surface area (Å²) in [5.74, 6) is 0.407. The number of ether oxygens (including phenoxy) is 2. The number of aromatic nitrogens is 1.